The van der Waals surface area contributed by atoms with Crippen LogP contribution in [0.4, 0.5) is 0 Å². The van der Waals surface area contributed by atoms with E-state index >= 15 is 0 Å². The Morgan fingerprint density at radius 1 is 1.26 bits per heavy atom. The van der Waals surface area contributed by atoms with Crippen molar-refractivity contribution in [3.05, 3.63) is 11.6 Å². The third kappa shape index (κ3) is 2.26. The van der Waals surface area contributed by atoms with Gasteiger partial charge in [-0.2, -0.15) is 0 Å². The third-order valence-electron chi connectivity index (χ3n) is 8.43. The van der Waals surface area contributed by atoms with E-state index in [2.05, 4.69) is 0 Å². The molecule has 0 aromatic rings. The van der Waals surface area contributed by atoms with Gasteiger partial charge in [0.15, 0.2) is 11.6 Å². The number of carbonyl (C=O) groups is 3. The van der Waals surface area contributed by atoms with Gasteiger partial charge < -0.3 is 15.3 Å². The van der Waals surface area contributed by atoms with Gasteiger partial charge in [0.1, 0.15) is 18.0 Å². The van der Waals surface area contributed by atoms with Gasteiger partial charge >= 0.3 is 0 Å². The lowest BCUT2D eigenvalue weighted by Gasteiger charge is -2.58. The molecule has 4 aliphatic carbocycles. The molecule has 0 unspecified atom stereocenters. The van der Waals surface area contributed by atoms with Gasteiger partial charge in [0, 0.05) is 29.6 Å². The van der Waals surface area contributed by atoms with Crippen LogP contribution in [0.3, 0.4) is 0 Å². The lowest BCUT2D eigenvalue weighted by Crippen LogP contribution is -2.62. The summed E-state index contributed by atoms with van der Waals surface area (Å²) in [5.74, 6) is -1.14. The molecule has 0 radical (unpaired) electrons. The summed E-state index contributed by atoms with van der Waals surface area (Å²) < 4.78 is 0. The fourth-order valence-electron chi connectivity index (χ4n) is 7.03. The van der Waals surface area contributed by atoms with Crippen molar-refractivity contribution in [3.8, 4) is 0 Å². The van der Waals surface area contributed by atoms with E-state index in [9.17, 15) is 29.7 Å². The van der Waals surface area contributed by atoms with Gasteiger partial charge in [0.2, 0.25) is 0 Å². The molecule has 27 heavy (non-hydrogen) atoms. The molecular weight excluding hydrogens is 348 g/mol. The van der Waals surface area contributed by atoms with Gasteiger partial charge in [-0.3, -0.25) is 14.4 Å². The van der Waals surface area contributed by atoms with Crippen molar-refractivity contribution in [1.29, 1.82) is 0 Å². The van der Waals surface area contributed by atoms with E-state index < -0.39 is 34.9 Å². The molecule has 3 N–H and O–H groups in total. The maximum Gasteiger partial charge on any atom is 0.190 e. The van der Waals surface area contributed by atoms with Crippen LogP contribution in [0.2, 0.25) is 0 Å². The fraction of sp³-hybridized carbons (Fsp3) is 0.762. The largest absolute Gasteiger partial charge is 0.389 e. The second kappa shape index (κ2) is 5.82. The maximum atomic E-state index is 13.3. The van der Waals surface area contributed by atoms with Crippen LogP contribution in [0.25, 0.3) is 0 Å². The molecular formula is C21H28O6. The first-order chi connectivity index (χ1) is 12.6. The number of aliphatic hydroxyl groups is 3. The van der Waals surface area contributed by atoms with Crippen LogP contribution in [0.1, 0.15) is 52.4 Å². The number of carbonyl (C=O) groups excluding carboxylic acids is 3. The lowest BCUT2D eigenvalue weighted by molar-refractivity contribution is -0.172. The molecule has 0 saturated heterocycles. The van der Waals surface area contributed by atoms with Crippen molar-refractivity contribution >= 4 is 17.3 Å². The summed E-state index contributed by atoms with van der Waals surface area (Å²) in [6, 6.07) is 0. The summed E-state index contributed by atoms with van der Waals surface area (Å²) in [6.45, 7) is 3.03. The molecule has 0 aromatic carbocycles. The van der Waals surface area contributed by atoms with Gasteiger partial charge in [-0.15, -0.1) is 0 Å². The highest BCUT2D eigenvalue weighted by atomic mass is 16.3. The van der Waals surface area contributed by atoms with Gasteiger partial charge in [0.05, 0.1) is 6.10 Å². The Balaban J connectivity index is 1.78. The third-order valence-corrected chi connectivity index (χ3v) is 8.43. The van der Waals surface area contributed by atoms with Gasteiger partial charge in [-0.1, -0.05) is 13.8 Å². The lowest BCUT2D eigenvalue weighted by atomic mass is 9.45. The Labute approximate surface area is 158 Å². The van der Waals surface area contributed by atoms with Crippen molar-refractivity contribution in [2.24, 2.45) is 28.6 Å². The second-order valence-corrected chi connectivity index (χ2v) is 9.52. The van der Waals surface area contributed by atoms with Crippen LogP contribution >= 0.6 is 0 Å². The van der Waals surface area contributed by atoms with E-state index in [1.54, 1.807) is 6.92 Å². The average molecular weight is 376 g/mol. The van der Waals surface area contributed by atoms with Crippen LogP contribution < -0.4 is 0 Å². The molecule has 4 aliphatic rings. The topological polar surface area (TPSA) is 112 Å². The van der Waals surface area contributed by atoms with Crippen LogP contribution in [-0.4, -0.2) is 51.0 Å². The zero-order chi connectivity index (χ0) is 19.8. The first-order valence-electron chi connectivity index (χ1n) is 9.91. The monoisotopic (exact) mass is 376 g/mol. The minimum Gasteiger partial charge on any atom is -0.389 e. The van der Waals surface area contributed by atoms with E-state index in [0.717, 1.165) is 0 Å². The Morgan fingerprint density at radius 2 is 1.96 bits per heavy atom. The van der Waals surface area contributed by atoms with Crippen molar-refractivity contribution in [2.45, 2.75) is 64.1 Å². The first-order valence-corrected chi connectivity index (χ1v) is 9.91. The number of hydrogen-bond donors (Lipinski definition) is 3. The number of ketones is 3. The predicted octanol–water partition coefficient (Wildman–Crippen LogP) is 0.961. The Kier molecular flexibility index (Phi) is 4.09. The van der Waals surface area contributed by atoms with Crippen molar-refractivity contribution in [3.63, 3.8) is 0 Å². The minimum atomic E-state index is -1.70. The quantitative estimate of drug-likeness (QED) is 0.662. The van der Waals surface area contributed by atoms with Crippen LogP contribution in [-0.2, 0) is 14.4 Å². The summed E-state index contributed by atoms with van der Waals surface area (Å²) in [6.07, 6.45) is 2.96. The number of fused-ring (bicyclic) bond motifs is 5. The molecule has 0 amide bonds. The van der Waals surface area contributed by atoms with Gasteiger partial charge in [0.25, 0.3) is 0 Å². The number of hydrogen-bond acceptors (Lipinski definition) is 6. The summed E-state index contributed by atoms with van der Waals surface area (Å²) in [7, 11) is 0. The Hall–Kier alpha value is -1.37. The first kappa shape index (κ1) is 19.0. The molecule has 3 fully saturated rings. The molecule has 0 heterocycles. The summed E-state index contributed by atoms with van der Waals surface area (Å²) in [5, 5.41) is 31.3. The van der Waals surface area contributed by atoms with E-state index in [1.165, 1.54) is 6.08 Å². The second-order valence-electron chi connectivity index (χ2n) is 9.52. The highest BCUT2D eigenvalue weighted by Crippen LogP contribution is 2.66. The van der Waals surface area contributed by atoms with Crippen LogP contribution in [0, 0.1) is 28.6 Å². The normalized spacial score (nSPS) is 49.1. The summed E-state index contributed by atoms with van der Waals surface area (Å²) in [4.78, 5) is 37.6. The zero-order valence-corrected chi connectivity index (χ0v) is 15.9. The van der Waals surface area contributed by atoms with E-state index in [-0.39, 0.29) is 42.2 Å². The molecule has 3 saturated carbocycles. The highest BCUT2D eigenvalue weighted by molar-refractivity contribution is 5.94. The zero-order valence-electron chi connectivity index (χ0n) is 15.9. The van der Waals surface area contributed by atoms with Crippen molar-refractivity contribution < 1.29 is 29.7 Å². The molecule has 6 heteroatoms. The highest BCUT2D eigenvalue weighted by Gasteiger charge is 2.69. The van der Waals surface area contributed by atoms with E-state index in [1.807, 2.05) is 6.92 Å². The minimum absolute atomic E-state index is 0.000497. The molecule has 0 bridgehead atoms. The number of Topliss-reactive ketones (excluding diaryl/α,β-unsaturated/α-hetero) is 2. The predicted molar refractivity (Wildman–Crippen MR) is 95.5 cm³/mol. The smallest absolute Gasteiger partial charge is 0.190 e. The van der Waals surface area contributed by atoms with Crippen LogP contribution in [0.15, 0.2) is 11.6 Å². The van der Waals surface area contributed by atoms with Crippen molar-refractivity contribution in [1.82, 2.24) is 0 Å². The molecule has 7 atom stereocenters. The van der Waals surface area contributed by atoms with Crippen LogP contribution in [0.5, 0.6) is 0 Å². The van der Waals surface area contributed by atoms with Crippen molar-refractivity contribution in [2.75, 3.05) is 6.61 Å². The van der Waals surface area contributed by atoms with E-state index in [4.69, 9.17) is 0 Å². The summed E-state index contributed by atoms with van der Waals surface area (Å²) >= 11 is 0. The average Bonchev–Trinajstić information content (AvgIpc) is 2.87. The molecule has 0 spiro atoms. The molecule has 0 aliphatic heterocycles. The number of aliphatic hydroxyl groups excluding tert-OH is 2. The van der Waals surface area contributed by atoms with E-state index in [0.29, 0.717) is 31.3 Å². The molecule has 148 valence electrons. The maximum absolute atomic E-state index is 13.3. The Bertz CT molecular complexity index is 756. The molecule has 0 aromatic heterocycles. The summed E-state index contributed by atoms with van der Waals surface area (Å²) in [5.41, 5.74) is -2.49. The van der Waals surface area contributed by atoms with Gasteiger partial charge in [-0.05, 0) is 49.2 Å². The Morgan fingerprint density at radius 3 is 2.63 bits per heavy atom. The number of rotatable bonds is 2. The SMILES string of the molecule is C[C@]12CCC(=O)C=C1[C@H](O)C[C@@H]1[C@H]2C(=O)C[C@@]2(C)[C@H]1CC[C@]2(O)C(=O)CO. The molecule has 6 nitrogen and oxygen atoms in total. The standard InChI is InChI=1S/C21H28O6/c1-19-5-3-11(23)7-14(19)15(24)8-12-13-4-6-21(27,17(26)10-22)20(13,2)9-16(25)18(12)19/h7,12-13,15,18,22,24,27H,3-6,8-10H2,1-2H3/t12-,13-,15+,18-,19-,20-,21-/m0/s1. The molecule has 4 rings (SSSR count). The van der Waals surface area contributed by atoms with Gasteiger partial charge in [-0.25, -0.2) is 0 Å². The fourth-order valence-corrected chi connectivity index (χ4v) is 7.03.